The number of aliphatic hydroxyl groups is 1. The first-order valence-electron chi connectivity index (χ1n) is 7.87. The third-order valence-corrected chi connectivity index (χ3v) is 4.19. The van der Waals surface area contributed by atoms with Gasteiger partial charge in [-0.25, -0.2) is 0 Å². The molecule has 3 N–H and O–H groups in total. The highest BCUT2D eigenvalue weighted by molar-refractivity contribution is 6.37. The Morgan fingerprint density at radius 1 is 1.19 bits per heavy atom. The molecular formula is C17H15Cl2N5O3. The van der Waals surface area contributed by atoms with E-state index in [4.69, 9.17) is 33.7 Å². The summed E-state index contributed by atoms with van der Waals surface area (Å²) in [6, 6.07) is 11.5. The Kier molecular flexibility index (Phi) is 5.90. The molecule has 140 valence electrons. The van der Waals surface area contributed by atoms with Gasteiger partial charge in [-0.05, 0) is 29.5 Å². The first-order chi connectivity index (χ1) is 12.9. The molecule has 0 radical (unpaired) electrons. The number of hydrogen-bond acceptors (Lipinski definition) is 6. The van der Waals surface area contributed by atoms with Crippen LogP contribution in [0.3, 0.4) is 0 Å². The van der Waals surface area contributed by atoms with E-state index in [0.717, 1.165) is 0 Å². The molecule has 0 aliphatic carbocycles. The van der Waals surface area contributed by atoms with Crippen molar-refractivity contribution in [2.45, 2.75) is 12.6 Å². The highest BCUT2D eigenvalue weighted by Gasteiger charge is 2.14. The average molecular weight is 408 g/mol. The lowest BCUT2D eigenvalue weighted by Crippen LogP contribution is -2.25. The topological polar surface area (TPSA) is 116 Å². The van der Waals surface area contributed by atoms with E-state index in [1.807, 2.05) is 0 Å². The second-order valence-electron chi connectivity index (χ2n) is 5.63. The number of tetrazole rings is 1. The molecule has 0 bridgehead atoms. The number of amides is 1. The van der Waals surface area contributed by atoms with Crippen LogP contribution in [-0.4, -0.2) is 43.9 Å². The zero-order chi connectivity index (χ0) is 19.4. The Morgan fingerprint density at radius 3 is 2.48 bits per heavy atom. The molecule has 27 heavy (non-hydrogen) atoms. The predicted molar refractivity (Wildman–Crippen MR) is 99.7 cm³/mol. The van der Waals surface area contributed by atoms with Gasteiger partial charge in [0, 0.05) is 11.1 Å². The van der Waals surface area contributed by atoms with Crippen molar-refractivity contribution >= 4 is 29.1 Å². The summed E-state index contributed by atoms with van der Waals surface area (Å²) in [6.07, 6.45) is -0.906. The van der Waals surface area contributed by atoms with Gasteiger partial charge in [-0.2, -0.15) is 4.80 Å². The lowest BCUT2D eigenvalue weighted by Gasteiger charge is -2.13. The third-order valence-electron chi connectivity index (χ3n) is 3.59. The highest BCUT2D eigenvalue weighted by Crippen LogP contribution is 2.32. The van der Waals surface area contributed by atoms with Crippen LogP contribution < -0.4 is 10.5 Å². The molecule has 1 heterocycles. The first-order valence-corrected chi connectivity index (χ1v) is 8.62. The van der Waals surface area contributed by atoms with E-state index in [2.05, 4.69) is 15.4 Å². The smallest absolute Gasteiger partial charge is 0.248 e. The molecule has 1 unspecified atom stereocenters. The third kappa shape index (κ3) is 4.73. The molecule has 10 heteroatoms. The Bertz CT molecular complexity index is 926. The maximum Gasteiger partial charge on any atom is 0.248 e. The summed E-state index contributed by atoms with van der Waals surface area (Å²) in [5.41, 5.74) is 6.26. The van der Waals surface area contributed by atoms with Gasteiger partial charge >= 0.3 is 0 Å². The summed E-state index contributed by atoms with van der Waals surface area (Å²) in [5, 5.41) is 22.9. The Labute approximate surface area is 164 Å². The number of carbonyl (C=O) groups excluding carboxylic acids is 1. The number of rotatable bonds is 7. The number of benzene rings is 2. The van der Waals surface area contributed by atoms with Crippen LogP contribution in [0.2, 0.25) is 10.0 Å². The quantitative estimate of drug-likeness (QED) is 0.619. The Morgan fingerprint density at radius 2 is 1.85 bits per heavy atom. The summed E-state index contributed by atoms with van der Waals surface area (Å²) >= 11 is 12.0. The molecule has 2 aromatic carbocycles. The molecule has 0 aliphatic heterocycles. The molecule has 3 rings (SSSR count). The van der Waals surface area contributed by atoms with Gasteiger partial charge in [0.25, 0.3) is 0 Å². The van der Waals surface area contributed by atoms with Crippen LogP contribution in [0.1, 0.15) is 10.4 Å². The monoisotopic (exact) mass is 407 g/mol. The minimum atomic E-state index is -0.906. The first kappa shape index (κ1) is 19.1. The minimum absolute atomic E-state index is 0.0480. The fourth-order valence-electron chi connectivity index (χ4n) is 2.26. The van der Waals surface area contributed by atoms with Gasteiger partial charge in [-0.3, -0.25) is 4.79 Å². The number of nitrogens with zero attached hydrogens (tertiary/aromatic N) is 4. The number of aliphatic hydroxyl groups excluding tert-OH is 1. The second-order valence-corrected chi connectivity index (χ2v) is 6.44. The normalized spacial score (nSPS) is 12.0. The number of aromatic nitrogens is 4. The average Bonchev–Trinajstić information content (AvgIpc) is 3.09. The van der Waals surface area contributed by atoms with E-state index in [-0.39, 0.29) is 13.2 Å². The summed E-state index contributed by atoms with van der Waals surface area (Å²) in [6.45, 7) is 0.0159. The van der Waals surface area contributed by atoms with Crippen LogP contribution in [0.15, 0.2) is 42.5 Å². The lowest BCUT2D eigenvalue weighted by atomic mass is 10.1. The number of hydrogen-bond donors (Lipinski definition) is 2. The maximum atomic E-state index is 11.1. The molecule has 0 fully saturated rings. The lowest BCUT2D eigenvalue weighted by molar-refractivity contribution is 0.0851. The van der Waals surface area contributed by atoms with Crippen molar-refractivity contribution in [3.63, 3.8) is 0 Å². The standard InChI is InChI=1S/C17H15Cl2N5O3/c18-13-2-1-3-14(19)15(13)27-9-12(25)8-24-22-17(21-23-24)11-6-4-10(5-7-11)16(20)26/h1-7,12,25H,8-9H2,(H2,20,26). The molecule has 3 aromatic rings. The van der Waals surface area contributed by atoms with Crippen molar-refractivity contribution in [2.75, 3.05) is 6.61 Å². The number of ether oxygens (including phenoxy) is 1. The van der Waals surface area contributed by atoms with Crippen LogP contribution in [0.5, 0.6) is 5.75 Å². The van der Waals surface area contributed by atoms with Gasteiger partial charge in [0.1, 0.15) is 12.7 Å². The van der Waals surface area contributed by atoms with Crippen molar-refractivity contribution in [3.8, 4) is 17.1 Å². The summed E-state index contributed by atoms with van der Waals surface area (Å²) in [7, 11) is 0. The van der Waals surface area contributed by atoms with E-state index >= 15 is 0 Å². The highest BCUT2D eigenvalue weighted by atomic mass is 35.5. The van der Waals surface area contributed by atoms with Gasteiger partial charge < -0.3 is 15.6 Å². The molecule has 1 aromatic heterocycles. The van der Waals surface area contributed by atoms with Crippen LogP contribution >= 0.6 is 23.2 Å². The number of nitrogens with two attached hydrogens (primary N) is 1. The molecular weight excluding hydrogens is 393 g/mol. The van der Waals surface area contributed by atoms with E-state index in [1.54, 1.807) is 42.5 Å². The number of para-hydroxylation sites is 1. The molecule has 8 nitrogen and oxygen atoms in total. The van der Waals surface area contributed by atoms with E-state index in [0.29, 0.717) is 32.7 Å². The fourth-order valence-corrected chi connectivity index (χ4v) is 2.77. The molecule has 0 aliphatic rings. The van der Waals surface area contributed by atoms with E-state index in [1.165, 1.54) is 4.80 Å². The van der Waals surface area contributed by atoms with Gasteiger partial charge in [0.15, 0.2) is 5.75 Å². The van der Waals surface area contributed by atoms with Crippen molar-refractivity contribution in [1.29, 1.82) is 0 Å². The van der Waals surface area contributed by atoms with Crippen LogP contribution in [-0.2, 0) is 6.54 Å². The van der Waals surface area contributed by atoms with Crippen molar-refractivity contribution in [1.82, 2.24) is 20.2 Å². The SMILES string of the molecule is NC(=O)c1ccc(-c2nnn(CC(O)COc3c(Cl)cccc3Cl)n2)cc1. The van der Waals surface area contributed by atoms with Gasteiger partial charge in [-0.1, -0.05) is 41.4 Å². The van der Waals surface area contributed by atoms with E-state index in [9.17, 15) is 9.90 Å². The van der Waals surface area contributed by atoms with Gasteiger partial charge in [-0.15, -0.1) is 10.2 Å². The number of halogens is 2. The minimum Gasteiger partial charge on any atom is -0.488 e. The number of primary amides is 1. The fraction of sp³-hybridized carbons (Fsp3) is 0.176. The zero-order valence-electron chi connectivity index (χ0n) is 13.9. The molecule has 0 spiro atoms. The molecule has 1 atom stereocenters. The largest absolute Gasteiger partial charge is 0.488 e. The van der Waals surface area contributed by atoms with Crippen molar-refractivity contribution in [3.05, 3.63) is 58.1 Å². The van der Waals surface area contributed by atoms with E-state index < -0.39 is 12.0 Å². The summed E-state index contributed by atoms with van der Waals surface area (Å²) in [5.74, 6) is 0.148. The zero-order valence-corrected chi connectivity index (χ0v) is 15.4. The maximum absolute atomic E-state index is 11.1. The van der Waals surface area contributed by atoms with Crippen LogP contribution in [0.25, 0.3) is 11.4 Å². The van der Waals surface area contributed by atoms with Crippen LogP contribution in [0.4, 0.5) is 0 Å². The van der Waals surface area contributed by atoms with Crippen molar-refractivity contribution < 1.29 is 14.6 Å². The number of carbonyl (C=O) groups is 1. The molecule has 1 amide bonds. The van der Waals surface area contributed by atoms with Crippen LogP contribution in [0, 0.1) is 0 Å². The molecule has 0 saturated heterocycles. The Balaban J connectivity index is 1.61. The Hall–Kier alpha value is -2.68. The van der Waals surface area contributed by atoms with Crippen molar-refractivity contribution in [2.24, 2.45) is 5.73 Å². The van der Waals surface area contributed by atoms with Gasteiger partial charge in [0.05, 0.1) is 16.6 Å². The predicted octanol–water partition coefficient (Wildman–Crippen LogP) is 2.19. The summed E-state index contributed by atoms with van der Waals surface area (Å²) < 4.78 is 5.48. The molecule has 0 saturated carbocycles. The van der Waals surface area contributed by atoms with Gasteiger partial charge in [0.2, 0.25) is 11.7 Å². The summed E-state index contributed by atoms with van der Waals surface area (Å²) in [4.78, 5) is 12.3. The second kappa shape index (κ2) is 8.34.